The predicted molar refractivity (Wildman–Crippen MR) is 76.0 cm³/mol. The van der Waals surface area contributed by atoms with Crippen molar-refractivity contribution in [1.29, 1.82) is 0 Å². The number of hydrogen-bond acceptors (Lipinski definition) is 9. The van der Waals surface area contributed by atoms with E-state index in [4.69, 9.17) is 24.4 Å². The molecule has 2 rings (SSSR count). The highest BCUT2D eigenvalue weighted by Crippen LogP contribution is 2.39. The van der Waals surface area contributed by atoms with Gasteiger partial charge in [0, 0.05) is 0 Å². The fraction of sp³-hybridized carbons (Fsp3) is 0.500. The van der Waals surface area contributed by atoms with E-state index in [9.17, 15) is 25.2 Å². The smallest absolute Gasteiger partial charge is 0.335 e. The number of ether oxygens (including phenoxy) is 3. The largest absolute Gasteiger partial charge is 0.502 e. The van der Waals surface area contributed by atoms with E-state index in [-0.39, 0.29) is 17.1 Å². The van der Waals surface area contributed by atoms with Crippen molar-refractivity contribution in [2.24, 2.45) is 0 Å². The summed E-state index contributed by atoms with van der Waals surface area (Å²) >= 11 is 0. The van der Waals surface area contributed by atoms with Crippen LogP contribution in [-0.4, -0.2) is 81.0 Å². The van der Waals surface area contributed by atoms with Gasteiger partial charge in [0.25, 0.3) is 0 Å². The van der Waals surface area contributed by atoms with E-state index in [1.807, 2.05) is 0 Å². The molecule has 1 aliphatic rings. The van der Waals surface area contributed by atoms with Crippen molar-refractivity contribution < 1.29 is 49.6 Å². The third kappa shape index (κ3) is 3.37. The van der Waals surface area contributed by atoms with Gasteiger partial charge in [-0.3, -0.25) is 0 Å². The molecule has 0 saturated carbocycles. The Morgan fingerprint density at radius 2 is 1.79 bits per heavy atom. The van der Waals surface area contributed by atoms with Gasteiger partial charge in [-0.05, 0) is 12.1 Å². The lowest BCUT2D eigenvalue weighted by molar-refractivity contribution is -0.277. The van der Waals surface area contributed by atoms with Crippen LogP contribution in [0.15, 0.2) is 12.1 Å². The van der Waals surface area contributed by atoms with Gasteiger partial charge in [-0.15, -0.1) is 0 Å². The molecule has 1 fully saturated rings. The zero-order valence-corrected chi connectivity index (χ0v) is 12.6. The second-order valence-corrected chi connectivity index (χ2v) is 5.15. The van der Waals surface area contributed by atoms with Crippen LogP contribution >= 0.6 is 0 Å². The third-order valence-electron chi connectivity index (χ3n) is 3.60. The first-order chi connectivity index (χ1) is 11.3. The molecule has 24 heavy (non-hydrogen) atoms. The number of aromatic hydroxyl groups is 1. The Balaban J connectivity index is 2.32. The Labute approximate surface area is 136 Å². The lowest BCUT2D eigenvalue weighted by atomic mass is 9.99. The maximum absolute atomic E-state index is 11.1. The summed E-state index contributed by atoms with van der Waals surface area (Å²) in [5.41, 5.74) is -0.260. The van der Waals surface area contributed by atoms with Crippen LogP contribution in [0.3, 0.4) is 0 Å². The molecule has 0 aliphatic carbocycles. The summed E-state index contributed by atoms with van der Waals surface area (Å²) in [6, 6.07) is 2.04. The maximum Gasteiger partial charge on any atom is 0.335 e. The lowest BCUT2D eigenvalue weighted by Gasteiger charge is -2.39. The fourth-order valence-corrected chi connectivity index (χ4v) is 2.24. The molecule has 0 aromatic heterocycles. The molecule has 6 N–H and O–H groups in total. The van der Waals surface area contributed by atoms with Crippen LogP contribution < -0.4 is 9.47 Å². The Morgan fingerprint density at radius 3 is 2.33 bits per heavy atom. The summed E-state index contributed by atoms with van der Waals surface area (Å²) in [4.78, 5) is 11.1. The first kappa shape index (κ1) is 18.2. The van der Waals surface area contributed by atoms with E-state index in [1.165, 1.54) is 7.11 Å². The summed E-state index contributed by atoms with van der Waals surface area (Å²) in [5.74, 6) is -2.42. The van der Waals surface area contributed by atoms with Gasteiger partial charge in [0.1, 0.15) is 24.4 Å². The number of rotatable bonds is 5. The van der Waals surface area contributed by atoms with Crippen LogP contribution in [0, 0.1) is 0 Å². The van der Waals surface area contributed by atoms with E-state index in [0.29, 0.717) is 0 Å². The summed E-state index contributed by atoms with van der Waals surface area (Å²) in [7, 11) is 1.21. The van der Waals surface area contributed by atoms with Gasteiger partial charge < -0.3 is 44.8 Å². The number of carboxylic acids is 1. The molecule has 1 heterocycles. The van der Waals surface area contributed by atoms with Crippen LogP contribution in [0.5, 0.6) is 17.2 Å². The van der Waals surface area contributed by atoms with Crippen LogP contribution in [0.4, 0.5) is 0 Å². The van der Waals surface area contributed by atoms with Crippen LogP contribution in [0.25, 0.3) is 0 Å². The Hall–Kier alpha value is -2.11. The van der Waals surface area contributed by atoms with Crippen molar-refractivity contribution in [2.75, 3.05) is 13.7 Å². The predicted octanol–water partition coefficient (Wildman–Crippen LogP) is -1.72. The van der Waals surface area contributed by atoms with Gasteiger partial charge in [-0.2, -0.15) is 0 Å². The molecule has 1 saturated heterocycles. The van der Waals surface area contributed by atoms with E-state index >= 15 is 0 Å². The standard InChI is InChI=1S/C14H18O10/c1-22-6-2-5(13(20)21)3-7(9(6)16)23-14-12(19)11(18)10(17)8(4-15)24-14/h2-3,8,10-12,14-19H,4H2,1H3,(H,20,21)/t8-,10-,11+,12-,14-/m1/s1. The van der Waals surface area contributed by atoms with E-state index in [0.717, 1.165) is 12.1 Å². The molecule has 0 bridgehead atoms. The number of aliphatic hydroxyl groups excluding tert-OH is 4. The number of aromatic carboxylic acids is 1. The molecule has 1 aliphatic heterocycles. The highest BCUT2D eigenvalue weighted by molar-refractivity contribution is 5.89. The monoisotopic (exact) mass is 346 g/mol. The molecule has 0 radical (unpaired) electrons. The minimum Gasteiger partial charge on any atom is -0.502 e. The van der Waals surface area contributed by atoms with Gasteiger partial charge in [-0.1, -0.05) is 0 Å². The van der Waals surface area contributed by atoms with Crippen molar-refractivity contribution >= 4 is 5.97 Å². The molecule has 10 nitrogen and oxygen atoms in total. The summed E-state index contributed by atoms with van der Waals surface area (Å²) in [6.07, 6.45) is -7.73. The molecule has 1 aromatic carbocycles. The quantitative estimate of drug-likeness (QED) is 0.361. The summed E-state index contributed by atoms with van der Waals surface area (Å²) in [5, 5.41) is 57.5. The zero-order chi connectivity index (χ0) is 18.0. The van der Waals surface area contributed by atoms with E-state index in [1.54, 1.807) is 0 Å². The van der Waals surface area contributed by atoms with Gasteiger partial charge >= 0.3 is 5.97 Å². The lowest BCUT2D eigenvalue weighted by Crippen LogP contribution is -2.60. The second-order valence-electron chi connectivity index (χ2n) is 5.15. The van der Waals surface area contributed by atoms with Crippen molar-refractivity contribution in [3.8, 4) is 17.2 Å². The van der Waals surface area contributed by atoms with Gasteiger partial charge in [0.15, 0.2) is 11.5 Å². The number of methoxy groups -OCH3 is 1. The number of hydrogen-bond donors (Lipinski definition) is 6. The second kappa shape index (κ2) is 7.20. The average molecular weight is 346 g/mol. The highest BCUT2D eigenvalue weighted by atomic mass is 16.7. The minimum atomic E-state index is -1.71. The van der Waals surface area contributed by atoms with Crippen molar-refractivity contribution in [2.45, 2.75) is 30.7 Å². The normalized spacial score (nSPS) is 30.0. The molecular formula is C14H18O10. The molecule has 0 spiro atoms. The molecule has 10 heteroatoms. The molecule has 5 atom stereocenters. The SMILES string of the molecule is COc1cc(C(=O)O)cc(O[C@@H]2O[C@H](CO)[C@@H](O)[C@H](O)[C@H]2O)c1O. The van der Waals surface area contributed by atoms with Crippen molar-refractivity contribution in [1.82, 2.24) is 0 Å². The topological polar surface area (TPSA) is 166 Å². The third-order valence-corrected chi connectivity index (χ3v) is 3.60. The Kier molecular flexibility index (Phi) is 5.47. The van der Waals surface area contributed by atoms with E-state index < -0.39 is 49.0 Å². The first-order valence-electron chi connectivity index (χ1n) is 6.91. The molecule has 0 amide bonds. The maximum atomic E-state index is 11.1. The zero-order valence-electron chi connectivity index (χ0n) is 12.6. The van der Waals surface area contributed by atoms with Gasteiger partial charge in [0.05, 0.1) is 19.3 Å². The van der Waals surface area contributed by atoms with Crippen molar-refractivity contribution in [3.63, 3.8) is 0 Å². The number of carboxylic acid groups (broad SMARTS) is 1. The summed E-state index contributed by atoms with van der Waals surface area (Å²) in [6.45, 7) is -0.657. The summed E-state index contributed by atoms with van der Waals surface area (Å²) < 4.78 is 15.2. The Morgan fingerprint density at radius 1 is 1.17 bits per heavy atom. The van der Waals surface area contributed by atoms with Crippen LogP contribution in [-0.2, 0) is 4.74 Å². The van der Waals surface area contributed by atoms with Gasteiger partial charge in [0.2, 0.25) is 12.0 Å². The number of carbonyl (C=O) groups is 1. The number of benzene rings is 1. The van der Waals surface area contributed by atoms with Crippen LogP contribution in [0.1, 0.15) is 10.4 Å². The molecule has 0 unspecified atom stereocenters. The van der Waals surface area contributed by atoms with E-state index in [2.05, 4.69) is 0 Å². The van der Waals surface area contributed by atoms with Crippen LogP contribution in [0.2, 0.25) is 0 Å². The van der Waals surface area contributed by atoms with Gasteiger partial charge in [-0.25, -0.2) is 4.79 Å². The molecule has 134 valence electrons. The van der Waals surface area contributed by atoms with Crippen molar-refractivity contribution in [3.05, 3.63) is 17.7 Å². The molecular weight excluding hydrogens is 328 g/mol. The number of phenolic OH excluding ortho intramolecular Hbond substituents is 1. The first-order valence-corrected chi connectivity index (χ1v) is 6.91. The Bertz CT molecular complexity index is 601. The fourth-order valence-electron chi connectivity index (χ4n) is 2.24. The molecule has 1 aromatic rings. The minimum absolute atomic E-state index is 0.186. The number of phenols is 1. The average Bonchev–Trinajstić information content (AvgIpc) is 2.56. The number of aliphatic hydroxyl groups is 4. The highest BCUT2D eigenvalue weighted by Gasteiger charge is 2.45.